The molecule has 0 saturated heterocycles. The lowest BCUT2D eigenvalue weighted by molar-refractivity contribution is -0.146. The molecule has 4 nitrogen and oxygen atoms in total. The molecule has 0 aliphatic heterocycles. The molecule has 1 rings (SSSR count). The Morgan fingerprint density at radius 1 is 1.59 bits per heavy atom. The van der Waals surface area contributed by atoms with Gasteiger partial charge in [0, 0.05) is 22.8 Å². The first-order chi connectivity index (χ1) is 8.13. The number of esters is 1. The number of pyridine rings is 1. The van der Waals surface area contributed by atoms with Crippen LogP contribution >= 0.6 is 27.5 Å². The molecular weight excluding hydrogens is 309 g/mol. The van der Waals surface area contributed by atoms with Gasteiger partial charge >= 0.3 is 5.97 Å². The molecule has 0 amide bonds. The normalized spacial score (nSPS) is 10.3. The van der Waals surface area contributed by atoms with Crippen LogP contribution in [0.15, 0.2) is 16.7 Å². The third-order valence-corrected chi connectivity index (χ3v) is 2.70. The summed E-state index contributed by atoms with van der Waals surface area (Å²) in [6.45, 7) is 2.96. The molecule has 17 heavy (non-hydrogen) atoms. The topological polar surface area (TPSA) is 48.4 Å². The highest BCUT2D eigenvalue weighted by Gasteiger charge is 2.07. The van der Waals surface area contributed by atoms with Crippen molar-refractivity contribution < 1.29 is 14.3 Å². The number of aromatic nitrogens is 1. The molecule has 0 fully saturated rings. The van der Waals surface area contributed by atoms with Crippen LogP contribution in [0.1, 0.15) is 18.9 Å². The summed E-state index contributed by atoms with van der Waals surface area (Å²) in [6.07, 6.45) is 1.83. The number of carbonyl (C=O) groups excluding carboxylic acids is 1. The van der Waals surface area contributed by atoms with Gasteiger partial charge in [0.1, 0.15) is 11.8 Å². The van der Waals surface area contributed by atoms with E-state index >= 15 is 0 Å². The molecular formula is C11H13BrClNO3. The fraction of sp³-hybridized carbons (Fsp3) is 0.455. The maximum Gasteiger partial charge on any atom is 0.308 e. The van der Waals surface area contributed by atoms with Crippen LogP contribution in [0, 0.1) is 0 Å². The zero-order valence-corrected chi connectivity index (χ0v) is 11.8. The number of carbonyl (C=O) groups is 1. The Kier molecular flexibility index (Phi) is 6.47. The minimum atomic E-state index is -0.311. The molecule has 0 aliphatic carbocycles. The van der Waals surface area contributed by atoms with Gasteiger partial charge in [0.2, 0.25) is 0 Å². The van der Waals surface area contributed by atoms with Gasteiger partial charge in [-0.1, -0.05) is 11.6 Å². The molecule has 0 unspecified atom stereocenters. The lowest BCUT2D eigenvalue weighted by Crippen LogP contribution is -2.08. The van der Waals surface area contributed by atoms with Crippen molar-refractivity contribution in [1.29, 1.82) is 0 Å². The lowest BCUT2D eigenvalue weighted by Gasteiger charge is -2.06. The van der Waals surface area contributed by atoms with Crippen molar-refractivity contribution in [3.05, 3.63) is 27.5 Å². The van der Waals surface area contributed by atoms with Gasteiger partial charge in [0.05, 0.1) is 13.0 Å². The molecule has 0 saturated carbocycles. The average molecular weight is 323 g/mol. The third-order valence-electron chi connectivity index (χ3n) is 1.92. The zero-order valence-electron chi connectivity index (χ0n) is 9.41. The molecule has 0 N–H and O–H groups in total. The highest BCUT2D eigenvalue weighted by molar-refractivity contribution is 9.10. The van der Waals surface area contributed by atoms with Gasteiger partial charge < -0.3 is 9.47 Å². The Morgan fingerprint density at radius 2 is 2.35 bits per heavy atom. The standard InChI is InChI=1S/C11H13BrClNO3/c1-2-16-4-3-10(15)17-7-8-5-9(12)6-14-11(8)13/h5-6H,2-4,7H2,1H3. The van der Waals surface area contributed by atoms with E-state index < -0.39 is 0 Å². The van der Waals surface area contributed by atoms with Crippen LogP contribution in [0.3, 0.4) is 0 Å². The maximum absolute atomic E-state index is 11.3. The highest BCUT2D eigenvalue weighted by Crippen LogP contribution is 2.18. The number of hydrogen-bond acceptors (Lipinski definition) is 4. The SMILES string of the molecule is CCOCCC(=O)OCc1cc(Br)cnc1Cl. The number of halogens is 2. The lowest BCUT2D eigenvalue weighted by atomic mass is 10.3. The van der Waals surface area contributed by atoms with E-state index in [-0.39, 0.29) is 19.0 Å². The van der Waals surface area contributed by atoms with Crippen LogP contribution in [0.5, 0.6) is 0 Å². The summed E-state index contributed by atoms with van der Waals surface area (Å²) in [4.78, 5) is 15.2. The van der Waals surface area contributed by atoms with Gasteiger partial charge in [-0.25, -0.2) is 4.98 Å². The van der Waals surface area contributed by atoms with E-state index in [2.05, 4.69) is 20.9 Å². The van der Waals surface area contributed by atoms with Crippen molar-refractivity contribution in [3.8, 4) is 0 Å². The molecule has 94 valence electrons. The van der Waals surface area contributed by atoms with Crippen LogP contribution in [0.25, 0.3) is 0 Å². The van der Waals surface area contributed by atoms with Crippen LogP contribution < -0.4 is 0 Å². The fourth-order valence-corrected chi connectivity index (χ4v) is 1.63. The third kappa shape index (κ3) is 5.48. The summed E-state index contributed by atoms with van der Waals surface area (Å²) >= 11 is 9.13. The summed E-state index contributed by atoms with van der Waals surface area (Å²) in [5.41, 5.74) is 0.672. The Morgan fingerprint density at radius 3 is 3.06 bits per heavy atom. The van der Waals surface area contributed by atoms with E-state index in [1.165, 1.54) is 0 Å². The molecule has 0 radical (unpaired) electrons. The van der Waals surface area contributed by atoms with Gasteiger partial charge in [0.15, 0.2) is 0 Å². The number of nitrogens with zero attached hydrogens (tertiary/aromatic N) is 1. The second kappa shape index (κ2) is 7.63. The van der Waals surface area contributed by atoms with E-state index in [9.17, 15) is 4.79 Å². The van der Waals surface area contributed by atoms with Crippen LogP contribution in [0.4, 0.5) is 0 Å². The minimum absolute atomic E-state index is 0.121. The van der Waals surface area contributed by atoms with Crippen LogP contribution in [-0.4, -0.2) is 24.2 Å². The molecule has 0 bridgehead atoms. The molecule has 0 spiro atoms. The molecule has 0 atom stereocenters. The summed E-state index contributed by atoms with van der Waals surface area (Å²) in [5.74, 6) is -0.311. The van der Waals surface area contributed by atoms with Crippen LogP contribution in [0.2, 0.25) is 5.15 Å². The van der Waals surface area contributed by atoms with E-state index in [0.717, 1.165) is 4.47 Å². The summed E-state index contributed by atoms with van der Waals surface area (Å²) < 4.78 is 10.9. The van der Waals surface area contributed by atoms with Crippen molar-refractivity contribution >= 4 is 33.5 Å². The van der Waals surface area contributed by atoms with E-state index in [4.69, 9.17) is 21.1 Å². The smallest absolute Gasteiger partial charge is 0.308 e. The van der Waals surface area contributed by atoms with Gasteiger partial charge in [-0.05, 0) is 28.9 Å². The largest absolute Gasteiger partial charge is 0.461 e. The quantitative estimate of drug-likeness (QED) is 0.459. The molecule has 1 heterocycles. The minimum Gasteiger partial charge on any atom is -0.461 e. The van der Waals surface area contributed by atoms with Gasteiger partial charge in [0.25, 0.3) is 0 Å². The molecule has 0 aromatic carbocycles. The van der Waals surface area contributed by atoms with Gasteiger partial charge in [-0.15, -0.1) is 0 Å². The van der Waals surface area contributed by atoms with Crippen molar-refractivity contribution in [2.75, 3.05) is 13.2 Å². The second-order valence-electron chi connectivity index (χ2n) is 3.21. The van der Waals surface area contributed by atoms with Crippen molar-refractivity contribution in [2.45, 2.75) is 20.0 Å². The Hall–Kier alpha value is -0.650. The second-order valence-corrected chi connectivity index (χ2v) is 4.48. The zero-order chi connectivity index (χ0) is 12.7. The summed E-state index contributed by atoms with van der Waals surface area (Å²) in [7, 11) is 0. The van der Waals surface area contributed by atoms with Crippen LogP contribution in [-0.2, 0) is 20.9 Å². The molecule has 1 aromatic heterocycles. The predicted molar refractivity (Wildman–Crippen MR) is 67.9 cm³/mol. The predicted octanol–water partition coefficient (Wildman–Crippen LogP) is 2.97. The Balaban J connectivity index is 2.39. The van der Waals surface area contributed by atoms with E-state index in [1.807, 2.05) is 6.92 Å². The summed E-state index contributed by atoms with van der Waals surface area (Å²) in [5, 5.41) is 0.339. The first kappa shape index (κ1) is 14.4. The van der Waals surface area contributed by atoms with E-state index in [0.29, 0.717) is 23.9 Å². The average Bonchev–Trinajstić information content (AvgIpc) is 2.31. The van der Waals surface area contributed by atoms with Crippen molar-refractivity contribution in [3.63, 3.8) is 0 Å². The maximum atomic E-state index is 11.3. The highest BCUT2D eigenvalue weighted by atomic mass is 79.9. The Bertz CT molecular complexity index is 387. The van der Waals surface area contributed by atoms with Crippen molar-refractivity contribution in [1.82, 2.24) is 4.98 Å². The first-order valence-corrected chi connectivity index (χ1v) is 6.34. The number of hydrogen-bond donors (Lipinski definition) is 0. The monoisotopic (exact) mass is 321 g/mol. The molecule has 6 heteroatoms. The van der Waals surface area contributed by atoms with Gasteiger partial charge in [-0.3, -0.25) is 4.79 Å². The number of ether oxygens (including phenoxy) is 2. The summed E-state index contributed by atoms with van der Waals surface area (Å²) in [6, 6.07) is 1.77. The van der Waals surface area contributed by atoms with Gasteiger partial charge in [-0.2, -0.15) is 0 Å². The van der Waals surface area contributed by atoms with E-state index in [1.54, 1.807) is 12.3 Å². The number of rotatable bonds is 6. The fourth-order valence-electron chi connectivity index (χ4n) is 1.10. The molecule has 0 aliphatic rings. The molecule has 1 aromatic rings. The van der Waals surface area contributed by atoms with Crippen molar-refractivity contribution in [2.24, 2.45) is 0 Å². The first-order valence-electron chi connectivity index (χ1n) is 5.16. The Labute approximate surface area is 113 Å².